The zero-order valence-electron chi connectivity index (χ0n) is 10.1. The molecule has 1 aromatic carbocycles. The molecule has 3 heteroatoms. The van der Waals surface area contributed by atoms with Crippen LogP contribution in [0.2, 0.25) is 0 Å². The standard InChI is InChI=1S/C14H16N2O/c1-3-17-14-8-12(9-16-10-14)11-5-4-6-13(7-11)15-2/h4-10,15H,3H2,1-2H3. The monoisotopic (exact) mass is 228 g/mol. The number of benzene rings is 1. The molecule has 1 heterocycles. The first-order valence-corrected chi connectivity index (χ1v) is 5.69. The van der Waals surface area contributed by atoms with Crippen molar-refractivity contribution in [2.24, 2.45) is 0 Å². The Kier molecular flexibility index (Phi) is 3.60. The Hall–Kier alpha value is -2.03. The van der Waals surface area contributed by atoms with Crippen molar-refractivity contribution in [2.75, 3.05) is 19.0 Å². The van der Waals surface area contributed by atoms with Gasteiger partial charge in [-0.3, -0.25) is 4.98 Å². The van der Waals surface area contributed by atoms with Crippen LogP contribution in [0.4, 0.5) is 5.69 Å². The smallest absolute Gasteiger partial charge is 0.138 e. The van der Waals surface area contributed by atoms with E-state index < -0.39 is 0 Å². The molecule has 3 nitrogen and oxygen atoms in total. The van der Waals surface area contributed by atoms with Gasteiger partial charge in [0.2, 0.25) is 0 Å². The maximum absolute atomic E-state index is 5.45. The second kappa shape index (κ2) is 5.34. The Morgan fingerprint density at radius 2 is 2.06 bits per heavy atom. The molecular formula is C14H16N2O. The van der Waals surface area contributed by atoms with Crippen molar-refractivity contribution in [2.45, 2.75) is 6.92 Å². The molecule has 0 radical (unpaired) electrons. The van der Waals surface area contributed by atoms with Crippen molar-refractivity contribution in [1.29, 1.82) is 0 Å². The van der Waals surface area contributed by atoms with Gasteiger partial charge in [0, 0.05) is 24.5 Å². The van der Waals surface area contributed by atoms with Crippen LogP contribution >= 0.6 is 0 Å². The second-order valence-corrected chi connectivity index (χ2v) is 3.67. The maximum atomic E-state index is 5.45. The Morgan fingerprint density at radius 3 is 2.82 bits per heavy atom. The fraction of sp³-hybridized carbons (Fsp3) is 0.214. The lowest BCUT2D eigenvalue weighted by atomic mass is 10.1. The van der Waals surface area contributed by atoms with E-state index in [1.165, 1.54) is 0 Å². The molecular weight excluding hydrogens is 212 g/mol. The first kappa shape index (κ1) is 11.5. The van der Waals surface area contributed by atoms with Crippen molar-refractivity contribution in [1.82, 2.24) is 4.98 Å². The van der Waals surface area contributed by atoms with Crippen molar-refractivity contribution in [3.63, 3.8) is 0 Å². The quantitative estimate of drug-likeness (QED) is 0.872. The first-order chi connectivity index (χ1) is 8.33. The molecule has 0 fully saturated rings. The fourth-order valence-corrected chi connectivity index (χ4v) is 1.68. The predicted molar refractivity (Wildman–Crippen MR) is 70.4 cm³/mol. The second-order valence-electron chi connectivity index (χ2n) is 3.67. The molecule has 17 heavy (non-hydrogen) atoms. The first-order valence-electron chi connectivity index (χ1n) is 5.69. The van der Waals surface area contributed by atoms with E-state index in [0.717, 1.165) is 22.6 Å². The summed E-state index contributed by atoms with van der Waals surface area (Å²) in [6, 6.07) is 10.2. The molecule has 0 saturated heterocycles. The summed E-state index contributed by atoms with van der Waals surface area (Å²) in [5.41, 5.74) is 3.28. The van der Waals surface area contributed by atoms with Gasteiger partial charge in [-0.05, 0) is 30.7 Å². The number of rotatable bonds is 4. The van der Waals surface area contributed by atoms with Crippen molar-refractivity contribution in [3.8, 4) is 16.9 Å². The molecule has 88 valence electrons. The Morgan fingerprint density at radius 1 is 1.18 bits per heavy atom. The number of pyridine rings is 1. The number of aromatic nitrogens is 1. The van der Waals surface area contributed by atoms with E-state index in [0.29, 0.717) is 6.61 Å². The van der Waals surface area contributed by atoms with E-state index in [4.69, 9.17) is 4.74 Å². The fourth-order valence-electron chi connectivity index (χ4n) is 1.68. The molecule has 0 amide bonds. The van der Waals surface area contributed by atoms with E-state index in [1.54, 1.807) is 6.20 Å². The zero-order chi connectivity index (χ0) is 12.1. The van der Waals surface area contributed by atoms with Gasteiger partial charge in [0.15, 0.2) is 0 Å². The van der Waals surface area contributed by atoms with Gasteiger partial charge in [-0.2, -0.15) is 0 Å². The van der Waals surface area contributed by atoms with Crippen LogP contribution in [0, 0.1) is 0 Å². The normalized spacial score (nSPS) is 10.0. The predicted octanol–water partition coefficient (Wildman–Crippen LogP) is 3.19. The highest BCUT2D eigenvalue weighted by atomic mass is 16.5. The van der Waals surface area contributed by atoms with Crippen LogP contribution in [-0.4, -0.2) is 18.6 Å². The van der Waals surface area contributed by atoms with Crippen LogP contribution in [0.15, 0.2) is 42.7 Å². The van der Waals surface area contributed by atoms with E-state index in [1.807, 2.05) is 38.4 Å². The van der Waals surface area contributed by atoms with Gasteiger partial charge < -0.3 is 10.1 Å². The summed E-state index contributed by atoms with van der Waals surface area (Å²) in [6.45, 7) is 2.62. The van der Waals surface area contributed by atoms with Crippen LogP contribution < -0.4 is 10.1 Å². The van der Waals surface area contributed by atoms with Crippen LogP contribution in [0.25, 0.3) is 11.1 Å². The minimum Gasteiger partial charge on any atom is -0.492 e. The summed E-state index contributed by atoms with van der Waals surface area (Å²) in [5.74, 6) is 0.805. The summed E-state index contributed by atoms with van der Waals surface area (Å²) in [7, 11) is 1.91. The maximum Gasteiger partial charge on any atom is 0.138 e. The largest absolute Gasteiger partial charge is 0.492 e. The summed E-state index contributed by atoms with van der Waals surface area (Å²) >= 11 is 0. The molecule has 0 saturated carbocycles. The van der Waals surface area contributed by atoms with Gasteiger partial charge in [0.05, 0.1) is 12.8 Å². The molecule has 0 unspecified atom stereocenters. The van der Waals surface area contributed by atoms with Crippen LogP contribution in [-0.2, 0) is 0 Å². The number of nitrogens with one attached hydrogen (secondary N) is 1. The number of ether oxygens (including phenoxy) is 1. The third-order valence-corrected chi connectivity index (χ3v) is 2.51. The number of hydrogen-bond donors (Lipinski definition) is 1. The molecule has 1 aromatic heterocycles. The van der Waals surface area contributed by atoms with E-state index >= 15 is 0 Å². The minimum absolute atomic E-state index is 0.654. The molecule has 0 spiro atoms. The van der Waals surface area contributed by atoms with Crippen LogP contribution in [0.5, 0.6) is 5.75 Å². The van der Waals surface area contributed by atoms with Crippen molar-refractivity contribution in [3.05, 3.63) is 42.7 Å². The summed E-state index contributed by atoms with van der Waals surface area (Å²) < 4.78 is 5.45. The third-order valence-electron chi connectivity index (χ3n) is 2.51. The van der Waals surface area contributed by atoms with Gasteiger partial charge in [-0.1, -0.05) is 12.1 Å². The van der Waals surface area contributed by atoms with E-state index in [-0.39, 0.29) is 0 Å². The van der Waals surface area contributed by atoms with E-state index in [2.05, 4.69) is 22.4 Å². The molecule has 0 aliphatic rings. The number of nitrogens with zero attached hydrogens (tertiary/aromatic N) is 1. The lowest BCUT2D eigenvalue weighted by Crippen LogP contribution is -1.93. The molecule has 0 bridgehead atoms. The molecule has 2 aromatic rings. The van der Waals surface area contributed by atoms with Crippen molar-refractivity contribution >= 4 is 5.69 Å². The highest BCUT2D eigenvalue weighted by Crippen LogP contribution is 2.24. The topological polar surface area (TPSA) is 34.1 Å². The van der Waals surface area contributed by atoms with Crippen LogP contribution in [0.1, 0.15) is 6.92 Å². The lowest BCUT2D eigenvalue weighted by molar-refractivity contribution is 0.339. The highest BCUT2D eigenvalue weighted by molar-refractivity contribution is 5.68. The zero-order valence-corrected chi connectivity index (χ0v) is 10.1. The Balaban J connectivity index is 2.34. The highest BCUT2D eigenvalue weighted by Gasteiger charge is 2.01. The Labute approximate surface area is 101 Å². The summed E-state index contributed by atoms with van der Waals surface area (Å²) in [5, 5.41) is 3.13. The average Bonchev–Trinajstić information content (AvgIpc) is 2.40. The summed E-state index contributed by atoms with van der Waals surface area (Å²) in [6.07, 6.45) is 3.58. The molecule has 2 rings (SSSR count). The Bertz CT molecular complexity index is 497. The molecule has 1 N–H and O–H groups in total. The third kappa shape index (κ3) is 2.75. The van der Waals surface area contributed by atoms with Crippen LogP contribution in [0.3, 0.4) is 0 Å². The van der Waals surface area contributed by atoms with Gasteiger partial charge in [-0.25, -0.2) is 0 Å². The average molecular weight is 228 g/mol. The minimum atomic E-state index is 0.654. The number of hydrogen-bond acceptors (Lipinski definition) is 3. The number of anilines is 1. The molecule has 0 aliphatic carbocycles. The van der Waals surface area contributed by atoms with Gasteiger partial charge in [0.1, 0.15) is 5.75 Å². The molecule has 0 atom stereocenters. The molecule has 0 aliphatic heterocycles. The van der Waals surface area contributed by atoms with Gasteiger partial charge in [0.25, 0.3) is 0 Å². The summed E-state index contributed by atoms with van der Waals surface area (Å²) in [4.78, 5) is 4.19. The van der Waals surface area contributed by atoms with Crippen molar-refractivity contribution < 1.29 is 4.74 Å². The van der Waals surface area contributed by atoms with E-state index in [9.17, 15) is 0 Å². The van der Waals surface area contributed by atoms with Gasteiger partial charge in [-0.15, -0.1) is 0 Å². The SMILES string of the molecule is CCOc1cncc(-c2cccc(NC)c2)c1. The van der Waals surface area contributed by atoms with Gasteiger partial charge >= 0.3 is 0 Å². The lowest BCUT2D eigenvalue weighted by Gasteiger charge is -2.07.